The van der Waals surface area contributed by atoms with Crippen LogP contribution in [0.2, 0.25) is 0 Å². The molecule has 0 spiro atoms. The van der Waals surface area contributed by atoms with E-state index in [2.05, 4.69) is 28.1 Å². The van der Waals surface area contributed by atoms with Crippen LogP contribution in [0.15, 0.2) is 40.9 Å². The van der Waals surface area contributed by atoms with Crippen molar-refractivity contribution in [2.75, 3.05) is 0 Å². The molecule has 0 aromatic heterocycles. The first kappa shape index (κ1) is 13.2. The number of rotatable bonds is 3. The lowest BCUT2D eigenvalue weighted by Crippen LogP contribution is -2.13. The highest BCUT2D eigenvalue weighted by Crippen LogP contribution is 2.32. The van der Waals surface area contributed by atoms with E-state index in [-0.39, 0.29) is 5.84 Å². The average molecular weight is 331 g/mol. The maximum Gasteiger partial charge on any atom is 0.139 e. The van der Waals surface area contributed by atoms with Crippen molar-refractivity contribution in [2.45, 2.75) is 19.3 Å². The Hall–Kier alpha value is -1.81. The van der Waals surface area contributed by atoms with Gasteiger partial charge in [0.15, 0.2) is 0 Å². The highest BCUT2D eigenvalue weighted by Gasteiger charge is 2.14. The van der Waals surface area contributed by atoms with Gasteiger partial charge in [-0.2, -0.15) is 0 Å². The Morgan fingerprint density at radius 3 is 2.75 bits per heavy atom. The second-order valence-electron chi connectivity index (χ2n) is 4.91. The van der Waals surface area contributed by atoms with Gasteiger partial charge < -0.3 is 10.5 Å². The lowest BCUT2D eigenvalue weighted by Gasteiger charge is -2.12. The summed E-state index contributed by atoms with van der Waals surface area (Å²) < 4.78 is 6.69. The summed E-state index contributed by atoms with van der Waals surface area (Å²) in [6.45, 7) is 0. The molecule has 0 unspecified atom stereocenters. The van der Waals surface area contributed by atoms with E-state index in [0.717, 1.165) is 23.1 Å². The highest BCUT2D eigenvalue weighted by molar-refractivity contribution is 9.10. The molecule has 2 aromatic carbocycles. The van der Waals surface area contributed by atoms with Gasteiger partial charge in [-0.25, -0.2) is 0 Å². The van der Waals surface area contributed by atoms with Crippen LogP contribution in [-0.2, 0) is 12.8 Å². The van der Waals surface area contributed by atoms with Crippen molar-refractivity contribution >= 4 is 21.8 Å². The summed E-state index contributed by atoms with van der Waals surface area (Å²) in [6.07, 6.45) is 3.49. The lowest BCUT2D eigenvalue weighted by atomic mass is 10.1. The quantitative estimate of drug-likeness (QED) is 0.659. The Labute approximate surface area is 126 Å². The van der Waals surface area contributed by atoms with Crippen molar-refractivity contribution in [2.24, 2.45) is 5.73 Å². The third-order valence-electron chi connectivity index (χ3n) is 3.54. The molecule has 0 fully saturated rings. The molecule has 2 aromatic rings. The van der Waals surface area contributed by atoms with E-state index in [9.17, 15) is 0 Å². The van der Waals surface area contributed by atoms with Crippen molar-refractivity contribution in [1.82, 2.24) is 0 Å². The number of nitrogen functional groups attached to an aromatic ring is 1. The van der Waals surface area contributed by atoms with Crippen LogP contribution in [0.5, 0.6) is 11.5 Å². The minimum absolute atomic E-state index is 0.00589. The van der Waals surface area contributed by atoms with Crippen LogP contribution in [0.4, 0.5) is 0 Å². The Bertz CT molecular complexity index is 682. The van der Waals surface area contributed by atoms with Gasteiger partial charge in [-0.1, -0.05) is 12.1 Å². The van der Waals surface area contributed by atoms with E-state index < -0.39 is 0 Å². The average Bonchev–Trinajstić information content (AvgIpc) is 2.85. The van der Waals surface area contributed by atoms with Gasteiger partial charge in [0.05, 0.1) is 5.56 Å². The Kier molecular flexibility index (Phi) is 3.49. The summed E-state index contributed by atoms with van der Waals surface area (Å²) in [5.41, 5.74) is 9.00. The SMILES string of the molecule is N=C(N)c1c(Br)cccc1Oc1ccc2c(c1)CCC2. The Balaban J connectivity index is 1.95. The monoisotopic (exact) mass is 330 g/mol. The normalized spacial score (nSPS) is 13.1. The number of aryl methyl sites for hydroxylation is 2. The second-order valence-corrected chi connectivity index (χ2v) is 5.77. The zero-order valence-electron chi connectivity index (χ0n) is 10.9. The molecule has 0 amide bonds. The zero-order chi connectivity index (χ0) is 14.1. The minimum atomic E-state index is -0.00589. The Morgan fingerprint density at radius 2 is 1.95 bits per heavy atom. The molecule has 3 rings (SSSR count). The van der Waals surface area contributed by atoms with E-state index >= 15 is 0 Å². The van der Waals surface area contributed by atoms with Crippen molar-refractivity contribution in [3.05, 3.63) is 57.6 Å². The van der Waals surface area contributed by atoms with Gasteiger partial charge in [-0.05, 0) is 70.6 Å². The predicted molar refractivity (Wildman–Crippen MR) is 83.7 cm³/mol. The maximum absolute atomic E-state index is 7.67. The molecule has 3 N–H and O–H groups in total. The summed E-state index contributed by atoms with van der Waals surface area (Å²) in [5, 5.41) is 7.67. The van der Waals surface area contributed by atoms with E-state index in [1.54, 1.807) is 0 Å². The van der Waals surface area contributed by atoms with E-state index in [1.807, 2.05) is 24.3 Å². The van der Waals surface area contributed by atoms with Crippen LogP contribution in [0.3, 0.4) is 0 Å². The van der Waals surface area contributed by atoms with Crippen LogP contribution in [-0.4, -0.2) is 5.84 Å². The largest absolute Gasteiger partial charge is 0.457 e. The molecule has 0 saturated heterocycles. The molecule has 0 atom stereocenters. The van der Waals surface area contributed by atoms with Gasteiger partial charge in [0.1, 0.15) is 17.3 Å². The fraction of sp³-hybridized carbons (Fsp3) is 0.188. The minimum Gasteiger partial charge on any atom is -0.457 e. The van der Waals surface area contributed by atoms with Gasteiger partial charge in [-0.3, -0.25) is 5.41 Å². The van der Waals surface area contributed by atoms with Gasteiger partial charge >= 0.3 is 0 Å². The first-order valence-corrected chi connectivity index (χ1v) is 7.37. The zero-order valence-corrected chi connectivity index (χ0v) is 12.5. The van der Waals surface area contributed by atoms with E-state index in [1.165, 1.54) is 17.5 Å². The number of hydrogen-bond acceptors (Lipinski definition) is 2. The molecule has 102 valence electrons. The molecule has 0 radical (unpaired) electrons. The summed E-state index contributed by atoms with van der Waals surface area (Å²) in [6, 6.07) is 11.8. The summed E-state index contributed by atoms with van der Waals surface area (Å²) >= 11 is 3.41. The molecule has 0 bridgehead atoms. The fourth-order valence-electron chi connectivity index (χ4n) is 2.59. The van der Waals surface area contributed by atoms with Gasteiger partial charge in [0, 0.05) is 4.47 Å². The van der Waals surface area contributed by atoms with Crippen LogP contribution in [0.1, 0.15) is 23.1 Å². The topological polar surface area (TPSA) is 59.1 Å². The van der Waals surface area contributed by atoms with Crippen LogP contribution in [0.25, 0.3) is 0 Å². The number of benzene rings is 2. The highest BCUT2D eigenvalue weighted by atomic mass is 79.9. The predicted octanol–water partition coefficient (Wildman–Crippen LogP) is 4.01. The van der Waals surface area contributed by atoms with Crippen LogP contribution in [0, 0.1) is 5.41 Å². The summed E-state index contributed by atoms with van der Waals surface area (Å²) in [5.74, 6) is 1.39. The molecule has 1 aliphatic carbocycles. The van der Waals surface area contributed by atoms with Crippen molar-refractivity contribution < 1.29 is 4.74 Å². The molecule has 3 nitrogen and oxygen atoms in total. The van der Waals surface area contributed by atoms with Crippen molar-refractivity contribution in [3.63, 3.8) is 0 Å². The molecule has 1 aliphatic rings. The number of ether oxygens (including phenoxy) is 1. The van der Waals surface area contributed by atoms with Crippen molar-refractivity contribution in [1.29, 1.82) is 5.41 Å². The number of fused-ring (bicyclic) bond motifs is 1. The smallest absolute Gasteiger partial charge is 0.139 e. The van der Waals surface area contributed by atoms with Gasteiger partial charge in [0.2, 0.25) is 0 Å². The standard InChI is InChI=1S/C16H15BrN2O/c17-13-5-2-6-14(15(13)16(18)19)20-12-8-7-10-3-1-4-11(10)9-12/h2,5-9H,1,3-4H2,(H3,18,19). The molecule has 0 saturated carbocycles. The van der Waals surface area contributed by atoms with Crippen molar-refractivity contribution in [3.8, 4) is 11.5 Å². The van der Waals surface area contributed by atoms with Crippen LogP contribution >= 0.6 is 15.9 Å². The number of hydrogen-bond donors (Lipinski definition) is 2. The second kappa shape index (κ2) is 5.29. The molecule has 4 heteroatoms. The third-order valence-corrected chi connectivity index (χ3v) is 4.20. The Morgan fingerprint density at radius 1 is 1.15 bits per heavy atom. The molecular weight excluding hydrogens is 316 g/mol. The van der Waals surface area contributed by atoms with E-state index in [4.69, 9.17) is 15.9 Å². The molecule has 20 heavy (non-hydrogen) atoms. The molecule has 0 heterocycles. The van der Waals surface area contributed by atoms with Gasteiger partial charge in [-0.15, -0.1) is 0 Å². The van der Waals surface area contributed by atoms with Gasteiger partial charge in [0.25, 0.3) is 0 Å². The van der Waals surface area contributed by atoms with Crippen LogP contribution < -0.4 is 10.5 Å². The van der Waals surface area contributed by atoms with E-state index in [0.29, 0.717) is 11.3 Å². The summed E-state index contributed by atoms with van der Waals surface area (Å²) in [7, 11) is 0. The number of nitrogens with one attached hydrogen (secondary N) is 1. The molecular formula is C16H15BrN2O. The number of halogens is 1. The molecule has 0 aliphatic heterocycles. The number of nitrogens with two attached hydrogens (primary N) is 1. The maximum atomic E-state index is 7.67. The summed E-state index contributed by atoms with van der Waals surface area (Å²) in [4.78, 5) is 0. The fourth-order valence-corrected chi connectivity index (χ4v) is 3.15. The first-order valence-electron chi connectivity index (χ1n) is 6.58. The lowest BCUT2D eigenvalue weighted by molar-refractivity contribution is 0.480. The number of amidine groups is 1. The third kappa shape index (κ3) is 2.43. The first-order chi connectivity index (χ1) is 9.65.